The van der Waals surface area contributed by atoms with Crippen molar-refractivity contribution in [2.24, 2.45) is 5.84 Å². The molecule has 0 atom stereocenters. The minimum absolute atomic E-state index is 0.748. The summed E-state index contributed by atoms with van der Waals surface area (Å²) in [7, 11) is 0. The topological polar surface area (TPSA) is 62.1 Å². The molecule has 1 aromatic rings. The van der Waals surface area contributed by atoms with Gasteiger partial charge in [0.25, 0.3) is 0 Å². The number of hydrazine groups is 3. The number of aryl methyl sites for hydroxylation is 1. The van der Waals surface area contributed by atoms with Crippen molar-refractivity contribution in [2.75, 3.05) is 0 Å². The maximum Gasteiger partial charge on any atom is 0.0364 e. The van der Waals surface area contributed by atoms with Crippen LogP contribution in [0.25, 0.3) is 0 Å². The predicted molar refractivity (Wildman–Crippen MR) is 53.1 cm³/mol. The van der Waals surface area contributed by atoms with E-state index in [-0.39, 0.29) is 0 Å². The van der Waals surface area contributed by atoms with Crippen LogP contribution in [0, 0.1) is 0 Å². The molecule has 0 aromatic heterocycles. The van der Waals surface area contributed by atoms with Crippen molar-refractivity contribution in [3.8, 4) is 0 Å². The molecule has 0 saturated carbocycles. The molecule has 4 heteroatoms. The first-order chi connectivity index (χ1) is 6.36. The van der Waals surface area contributed by atoms with Gasteiger partial charge in [-0.1, -0.05) is 31.2 Å². The Labute approximate surface area is 78.4 Å². The summed E-state index contributed by atoms with van der Waals surface area (Å²) in [5.74, 6) is 5.03. The summed E-state index contributed by atoms with van der Waals surface area (Å²) in [5, 5.41) is 0. The van der Waals surface area contributed by atoms with Crippen molar-refractivity contribution in [3.05, 3.63) is 35.4 Å². The summed E-state index contributed by atoms with van der Waals surface area (Å²) in [5.41, 5.74) is 10.4. The quantitative estimate of drug-likeness (QED) is 0.297. The molecule has 0 amide bonds. The van der Waals surface area contributed by atoms with Crippen molar-refractivity contribution < 1.29 is 0 Å². The van der Waals surface area contributed by atoms with Gasteiger partial charge in [0.1, 0.15) is 0 Å². The van der Waals surface area contributed by atoms with Crippen LogP contribution in [0.1, 0.15) is 18.1 Å². The fraction of sp³-hybridized carbons (Fsp3) is 0.333. The van der Waals surface area contributed by atoms with Gasteiger partial charge in [-0.3, -0.25) is 5.84 Å². The van der Waals surface area contributed by atoms with Crippen LogP contribution in [-0.4, -0.2) is 0 Å². The van der Waals surface area contributed by atoms with E-state index in [2.05, 4.69) is 47.7 Å². The van der Waals surface area contributed by atoms with E-state index in [4.69, 9.17) is 5.84 Å². The molecule has 0 fully saturated rings. The van der Waals surface area contributed by atoms with Crippen LogP contribution < -0.4 is 22.3 Å². The molecule has 0 spiro atoms. The molecule has 5 N–H and O–H groups in total. The Morgan fingerprint density at radius 3 is 2.77 bits per heavy atom. The van der Waals surface area contributed by atoms with E-state index in [1.54, 1.807) is 0 Å². The molecule has 13 heavy (non-hydrogen) atoms. The van der Waals surface area contributed by atoms with Gasteiger partial charge in [-0.2, -0.15) is 11.1 Å². The van der Waals surface area contributed by atoms with E-state index in [0.29, 0.717) is 0 Å². The number of hydrogen-bond acceptors (Lipinski definition) is 4. The van der Waals surface area contributed by atoms with Crippen LogP contribution >= 0.6 is 0 Å². The second-order valence-electron chi connectivity index (χ2n) is 2.80. The molecule has 0 aliphatic rings. The average Bonchev–Trinajstić information content (AvgIpc) is 2.19. The van der Waals surface area contributed by atoms with Gasteiger partial charge in [0, 0.05) is 6.54 Å². The van der Waals surface area contributed by atoms with Gasteiger partial charge < -0.3 is 0 Å². The molecule has 0 radical (unpaired) electrons. The molecular formula is C9H16N4. The first-order valence-electron chi connectivity index (χ1n) is 4.38. The summed E-state index contributed by atoms with van der Waals surface area (Å²) in [6.45, 7) is 2.89. The van der Waals surface area contributed by atoms with E-state index in [9.17, 15) is 0 Å². The number of benzene rings is 1. The normalized spacial score (nSPS) is 10.3. The first-order valence-corrected chi connectivity index (χ1v) is 4.38. The molecule has 0 aliphatic heterocycles. The highest BCUT2D eigenvalue weighted by Gasteiger charge is 1.92. The molecule has 0 aliphatic carbocycles. The molecule has 4 nitrogen and oxygen atoms in total. The third-order valence-corrected chi connectivity index (χ3v) is 1.85. The van der Waals surface area contributed by atoms with Gasteiger partial charge in [-0.15, -0.1) is 0 Å². The minimum atomic E-state index is 0.748. The Bertz CT molecular complexity index is 249. The van der Waals surface area contributed by atoms with Crippen LogP contribution in [-0.2, 0) is 13.0 Å². The van der Waals surface area contributed by atoms with Gasteiger partial charge >= 0.3 is 0 Å². The number of hydrogen-bond donors (Lipinski definition) is 4. The summed E-state index contributed by atoms with van der Waals surface area (Å²) in [6, 6.07) is 8.43. The Hall–Kier alpha value is -0.940. The average molecular weight is 180 g/mol. The standard InChI is InChI=1S/C9H16N4/c1-2-8-4-3-5-9(6-8)7-11-13-12-10/h3-6,11-13H,2,7,10H2,1H3. The highest BCUT2D eigenvalue weighted by molar-refractivity contribution is 5.23. The van der Waals surface area contributed by atoms with Gasteiger partial charge in [-0.25, -0.2) is 5.43 Å². The fourth-order valence-corrected chi connectivity index (χ4v) is 1.16. The lowest BCUT2D eigenvalue weighted by Gasteiger charge is -2.06. The Morgan fingerprint density at radius 2 is 2.08 bits per heavy atom. The van der Waals surface area contributed by atoms with Gasteiger partial charge in [0.2, 0.25) is 0 Å². The third kappa shape index (κ3) is 3.52. The van der Waals surface area contributed by atoms with E-state index < -0.39 is 0 Å². The Balaban J connectivity index is 2.46. The van der Waals surface area contributed by atoms with Crippen molar-refractivity contribution >= 4 is 0 Å². The third-order valence-electron chi connectivity index (χ3n) is 1.85. The Kier molecular flexibility index (Phi) is 4.42. The largest absolute Gasteiger partial charge is 0.257 e. The van der Waals surface area contributed by atoms with Gasteiger partial charge in [0.05, 0.1) is 0 Å². The lowest BCUT2D eigenvalue weighted by atomic mass is 10.1. The summed E-state index contributed by atoms with van der Waals surface area (Å²) >= 11 is 0. The lowest BCUT2D eigenvalue weighted by Crippen LogP contribution is -2.46. The SMILES string of the molecule is CCc1cccc(CNNNN)c1. The highest BCUT2D eigenvalue weighted by Crippen LogP contribution is 2.04. The zero-order chi connectivity index (χ0) is 9.52. The molecule has 0 bridgehead atoms. The van der Waals surface area contributed by atoms with Crippen molar-refractivity contribution in [3.63, 3.8) is 0 Å². The predicted octanol–water partition coefficient (Wildman–Crippen LogP) is 0.222. The van der Waals surface area contributed by atoms with Gasteiger partial charge in [0.15, 0.2) is 0 Å². The van der Waals surface area contributed by atoms with Crippen LogP contribution in [0.3, 0.4) is 0 Å². The zero-order valence-electron chi connectivity index (χ0n) is 7.80. The summed E-state index contributed by atoms with van der Waals surface area (Å²) in [6.07, 6.45) is 1.07. The van der Waals surface area contributed by atoms with Crippen molar-refractivity contribution in [1.29, 1.82) is 0 Å². The van der Waals surface area contributed by atoms with E-state index in [0.717, 1.165) is 13.0 Å². The number of nitrogens with one attached hydrogen (secondary N) is 3. The van der Waals surface area contributed by atoms with Gasteiger partial charge in [-0.05, 0) is 17.5 Å². The first kappa shape index (κ1) is 10.1. The fourth-order valence-electron chi connectivity index (χ4n) is 1.16. The molecule has 0 saturated heterocycles. The second-order valence-corrected chi connectivity index (χ2v) is 2.80. The molecule has 1 rings (SSSR count). The van der Waals surface area contributed by atoms with Crippen molar-refractivity contribution in [2.45, 2.75) is 19.9 Å². The molecular weight excluding hydrogens is 164 g/mol. The van der Waals surface area contributed by atoms with Crippen molar-refractivity contribution in [1.82, 2.24) is 16.5 Å². The monoisotopic (exact) mass is 180 g/mol. The van der Waals surface area contributed by atoms with E-state index in [1.807, 2.05) is 0 Å². The van der Waals surface area contributed by atoms with E-state index >= 15 is 0 Å². The Morgan fingerprint density at radius 1 is 1.31 bits per heavy atom. The minimum Gasteiger partial charge on any atom is -0.257 e. The lowest BCUT2D eigenvalue weighted by molar-refractivity contribution is 0.442. The second kappa shape index (κ2) is 5.66. The molecule has 72 valence electrons. The maximum absolute atomic E-state index is 5.03. The van der Waals surface area contributed by atoms with Crippen LogP contribution in [0.15, 0.2) is 24.3 Å². The zero-order valence-corrected chi connectivity index (χ0v) is 7.80. The number of rotatable bonds is 5. The smallest absolute Gasteiger partial charge is 0.0364 e. The number of nitrogens with two attached hydrogens (primary N) is 1. The molecule has 0 unspecified atom stereocenters. The van der Waals surface area contributed by atoms with Crippen LogP contribution in [0.4, 0.5) is 0 Å². The molecule has 0 heterocycles. The summed E-state index contributed by atoms with van der Waals surface area (Å²) in [4.78, 5) is 0. The van der Waals surface area contributed by atoms with Crippen LogP contribution in [0.5, 0.6) is 0 Å². The van der Waals surface area contributed by atoms with Crippen LogP contribution in [0.2, 0.25) is 0 Å². The van der Waals surface area contributed by atoms with E-state index in [1.165, 1.54) is 11.1 Å². The highest BCUT2D eigenvalue weighted by atomic mass is 15.7. The molecule has 1 aromatic carbocycles. The maximum atomic E-state index is 5.03. The summed E-state index contributed by atoms with van der Waals surface area (Å²) < 4.78 is 0.